The third-order valence-corrected chi connectivity index (χ3v) is 1.61. The fourth-order valence-corrected chi connectivity index (χ4v) is 1.05. The second-order valence-corrected chi connectivity index (χ2v) is 2.75. The highest BCUT2D eigenvalue weighted by molar-refractivity contribution is 5.50. The first kappa shape index (κ1) is 9.52. The summed E-state index contributed by atoms with van der Waals surface area (Å²) in [6.07, 6.45) is 3.74. The van der Waals surface area contributed by atoms with Gasteiger partial charge >= 0.3 is 0 Å². The zero-order chi connectivity index (χ0) is 9.52. The van der Waals surface area contributed by atoms with Gasteiger partial charge in [0.15, 0.2) is 0 Å². The lowest BCUT2D eigenvalue weighted by Crippen LogP contribution is -1.85. The summed E-state index contributed by atoms with van der Waals surface area (Å²) in [5.74, 6) is 0. The summed E-state index contributed by atoms with van der Waals surface area (Å²) < 4.78 is 4.52. The van der Waals surface area contributed by atoms with Crippen molar-refractivity contribution in [3.05, 3.63) is 41.5 Å². The lowest BCUT2D eigenvalue weighted by atomic mass is 10.1. The van der Waals surface area contributed by atoms with Crippen molar-refractivity contribution in [2.24, 2.45) is 0 Å². The van der Waals surface area contributed by atoms with E-state index in [1.807, 2.05) is 37.3 Å². The molecule has 0 aromatic heterocycles. The third kappa shape index (κ3) is 3.56. The van der Waals surface area contributed by atoms with Crippen LogP contribution in [-0.4, -0.2) is 13.1 Å². The van der Waals surface area contributed by atoms with Crippen molar-refractivity contribution in [1.82, 2.24) is 0 Å². The summed E-state index contributed by atoms with van der Waals surface area (Å²) in [4.78, 5) is 9.81. The van der Waals surface area contributed by atoms with Crippen molar-refractivity contribution >= 4 is 12.5 Å². The Kier molecular flexibility index (Phi) is 3.76. The van der Waals surface area contributed by atoms with Gasteiger partial charge in [-0.1, -0.05) is 35.9 Å². The van der Waals surface area contributed by atoms with Crippen LogP contribution < -0.4 is 0 Å². The average Bonchev–Trinajstić information content (AvgIpc) is 2.13. The molecule has 0 saturated carbocycles. The fraction of sp³-hybridized carbons (Fsp3) is 0.182. The maximum absolute atomic E-state index is 9.81. The predicted octanol–water partition coefficient (Wildman–Crippen LogP) is 2.18. The molecule has 2 heteroatoms. The number of hydrogen-bond acceptors (Lipinski definition) is 2. The molecule has 0 bridgehead atoms. The molecule has 68 valence electrons. The monoisotopic (exact) mass is 176 g/mol. The molecular formula is C11H12O2. The van der Waals surface area contributed by atoms with Crippen LogP contribution in [-0.2, 0) is 9.53 Å². The van der Waals surface area contributed by atoms with Gasteiger partial charge in [0.25, 0.3) is 6.47 Å². The van der Waals surface area contributed by atoms with Crippen molar-refractivity contribution in [2.75, 3.05) is 6.61 Å². The molecule has 0 radical (unpaired) electrons. The van der Waals surface area contributed by atoms with E-state index in [4.69, 9.17) is 0 Å². The first-order valence-electron chi connectivity index (χ1n) is 4.11. The number of carbonyl (C=O) groups excluding carboxylic acids is 1. The van der Waals surface area contributed by atoms with Crippen LogP contribution in [0.2, 0.25) is 0 Å². The maximum Gasteiger partial charge on any atom is 0.293 e. The van der Waals surface area contributed by atoms with Gasteiger partial charge in [-0.25, -0.2) is 0 Å². The molecule has 0 saturated heterocycles. The van der Waals surface area contributed by atoms with Crippen LogP contribution in [0.4, 0.5) is 0 Å². The van der Waals surface area contributed by atoms with E-state index in [2.05, 4.69) is 10.8 Å². The molecule has 0 atom stereocenters. The molecule has 0 fully saturated rings. The molecular weight excluding hydrogens is 164 g/mol. The number of aryl methyl sites for hydroxylation is 1. The number of ether oxygens (including phenoxy) is 1. The summed E-state index contributed by atoms with van der Waals surface area (Å²) in [7, 11) is 0. The number of benzene rings is 1. The Morgan fingerprint density at radius 1 is 1.46 bits per heavy atom. The summed E-state index contributed by atoms with van der Waals surface area (Å²) in [6.45, 7) is 2.82. The molecule has 13 heavy (non-hydrogen) atoms. The topological polar surface area (TPSA) is 26.3 Å². The molecule has 0 heterocycles. The second-order valence-electron chi connectivity index (χ2n) is 2.75. The molecule has 0 spiro atoms. The summed E-state index contributed by atoms with van der Waals surface area (Å²) in [6, 6.07) is 8.11. The largest absolute Gasteiger partial charge is 0.464 e. The van der Waals surface area contributed by atoms with Crippen molar-refractivity contribution in [3.63, 3.8) is 0 Å². The van der Waals surface area contributed by atoms with Crippen LogP contribution in [0.25, 0.3) is 6.08 Å². The van der Waals surface area contributed by atoms with E-state index >= 15 is 0 Å². The van der Waals surface area contributed by atoms with Gasteiger partial charge in [0.05, 0.1) is 0 Å². The molecule has 0 aliphatic rings. The highest BCUT2D eigenvalue weighted by atomic mass is 16.5. The number of rotatable bonds is 4. The van der Waals surface area contributed by atoms with Crippen LogP contribution >= 0.6 is 0 Å². The minimum atomic E-state index is 0.331. The van der Waals surface area contributed by atoms with Crippen LogP contribution in [0.1, 0.15) is 11.1 Å². The van der Waals surface area contributed by atoms with Gasteiger partial charge in [-0.15, -0.1) is 0 Å². The van der Waals surface area contributed by atoms with Gasteiger partial charge in [-0.2, -0.15) is 0 Å². The Balaban J connectivity index is 2.53. The van der Waals surface area contributed by atoms with Crippen molar-refractivity contribution in [2.45, 2.75) is 6.92 Å². The van der Waals surface area contributed by atoms with Gasteiger partial charge in [-0.3, -0.25) is 4.79 Å². The normalized spacial score (nSPS) is 10.2. The van der Waals surface area contributed by atoms with Crippen LogP contribution in [0.3, 0.4) is 0 Å². The molecule has 0 N–H and O–H groups in total. The summed E-state index contributed by atoms with van der Waals surface area (Å²) in [5, 5.41) is 0. The molecule has 1 aromatic carbocycles. The summed E-state index contributed by atoms with van der Waals surface area (Å²) in [5.41, 5.74) is 2.34. The Labute approximate surface area is 77.8 Å². The van der Waals surface area contributed by atoms with E-state index in [1.54, 1.807) is 0 Å². The SMILES string of the molecule is Cc1cccc(/C=C/COC=O)c1. The fourth-order valence-electron chi connectivity index (χ4n) is 1.05. The second kappa shape index (κ2) is 5.14. The first-order chi connectivity index (χ1) is 6.33. The van der Waals surface area contributed by atoms with Crippen LogP contribution in [0, 0.1) is 6.92 Å². The van der Waals surface area contributed by atoms with Crippen LogP contribution in [0.15, 0.2) is 30.3 Å². The molecule has 0 aliphatic carbocycles. The van der Waals surface area contributed by atoms with E-state index in [-0.39, 0.29) is 0 Å². The lowest BCUT2D eigenvalue weighted by molar-refractivity contribution is -0.127. The van der Waals surface area contributed by atoms with Crippen molar-refractivity contribution < 1.29 is 9.53 Å². The average molecular weight is 176 g/mol. The van der Waals surface area contributed by atoms with Gasteiger partial charge < -0.3 is 4.74 Å². The highest BCUT2D eigenvalue weighted by Gasteiger charge is 1.86. The zero-order valence-electron chi connectivity index (χ0n) is 7.57. The smallest absolute Gasteiger partial charge is 0.293 e. The number of hydrogen-bond donors (Lipinski definition) is 0. The van der Waals surface area contributed by atoms with Gasteiger partial charge in [0.2, 0.25) is 0 Å². The molecule has 0 unspecified atom stereocenters. The molecule has 0 amide bonds. The molecule has 2 nitrogen and oxygen atoms in total. The van der Waals surface area contributed by atoms with E-state index < -0.39 is 0 Å². The van der Waals surface area contributed by atoms with E-state index in [1.165, 1.54) is 5.56 Å². The third-order valence-electron chi connectivity index (χ3n) is 1.61. The minimum Gasteiger partial charge on any atom is -0.464 e. The van der Waals surface area contributed by atoms with Crippen molar-refractivity contribution in [1.29, 1.82) is 0 Å². The van der Waals surface area contributed by atoms with E-state index in [9.17, 15) is 4.79 Å². The summed E-state index contributed by atoms with van der Waals surface area (Å²) >= 11 is 0. The van der Waals surface area contributed by atoms with Gasteiger partial charge in [0.1, 0.15) is 6.61 Å². The number of carbonyl (C=O) groups is 1. The molecule has 0 aliphatic heterocycles. The standard InChI is InChI=1S/C11H12O2/c1-10-4-2-5-11(8-10)6-3-7-13-9-12/h2-6,8-9H,7H2,1H3/b6-3+. The molecule has 1 aromatic rings. The Hall–Kier alpha value is -1.57. The van der Waals surface area contributed by atoms with Gasteiger partial charge in [0, 0.05) is 0 Å². The van der Waals surface area contributed by atoms with E-state index in [0.29, 0.717) is 13.1 Å². The van der Waals surface area contributed by atoms with Crippen molar-refractivity contribution in [3.8, 4) is 0 Å². The quantitative estimate of drug-likeness (QED) is 0.519. The van der Waals surface area contributed by atoms with Crippen LogP contribution in [0.5, 0.6) is 0 Å². The zero-order valence-corrected chi connectivity index (χ0v) is 7.57. The Morgan fingerprint density at radius 2 is 2.31 bits per heavy atom. The lowest BCUT2D eigenvalue weighted by Gasteiger charge is -1.95. The minimum absolute atomic E-state index is 0.331. The van der Waals surface area contributed by atoms with Gasteiger partial charge in [-0.05, 0) is 18.6 Å². The first-order valence-corrected chi connectivity index (χ1v) is 4.11. The van der Waals surface area contributed by atoms with E-state index in [0.717, 1.165) is 5.56 Å². The maximum atomic E-state index is 9.81. The Morgan fingerprint density at radius 3 is 3.00 bits per heavy atom. The highest BCUT2D eigenvalue weighted by Crippen LogP contribution is 2.05. The Bertz CT molecular complexity index is 303. The predicted molar refractivity (Wildman–Crippen MR) is 52.2 cm³/mol. The molecule has 1 rings (SSSR count).